The Morgan fingerprint density at radius 1 is 1.19 bits per heavy atom. The third-order valence-electron chi connectivity index (χ3n) is 3.47. The fraction of sp³-hybridized carbons (Fsp3) is 0.357. The molecule has 0 spiro atoms. The van der Waals surface area contributed by atoms with E-state index in [1.54, 1.807) is 24.1 Å². The third kappa shape index (κ3) is 3.05. The van der Waals surface area contributed by atoms with Crippen molar-refractivity contribution in [3.8, 4) is 0 Å². The number of halogens is 2. The van der Waals surface area contributed by atoms with Crippen LogP contribution in [0.5, 0.6) is 0 Å². The van der Waals surface area contributed by atoms with E-state index < -0.39 is 0 Å². The van der Waals surface area contributed by atoms with Gasteiger partial charge in [-0.2, -0.15) is 15.0 Å². The van der Waals surface area contributed by atoms with Gasteiger partial charge in [0.15, 0.2) is 0 Å². The Hall–Kier alpha value is -1.95. The maximum atomic E-state index is 13.3. The molecule has 5 nitrogen and oxygen atoms in total. The van der Waals surface area contributed by atoms with Crippen molar-refractivity contribution in [2.45, 2.75) is 12.8 Å². The fourth-order valence-electron chi connectivity index (χ4n) is 2.34. The molecule has 0 radical (unpaired) electrons. The summed E-state index contributed by atoms with van der Waals surface area (Å²) in [6.45, 7) is 1.84. The zero-order valence-corrected chi connectivity index (χ0v) is 12.4. The van der Waals surface area contributed by atoms with E-state index in [0.29, 0.717) is 17.6 Å². The zero-order valence-electron chi connectivity index (χ0n) is 11.6. The molecule has 0 amide bonds. The Labute approximate surface area is 127 Å². The van der Waals surface area contributed by atoms with Gasteiger partial charge < -0.3 is 9.80 Å². The van der Waals surface area contributed by atoms with Crippen molar-refractivity contribution < 1.29 is 4.39 Å². The van der Waals surface area contributed by atoms with E-state index in [4.69, 9.17) is 11.6 Å². The molecule has 21 heavy (non-hydrogen) atoms. The highest BCUT2D eigenvalue weighted by molar-refractivity contribution is 6.28. The van der Waals surface area contributed by atoms with Gasteiger partial charge in [0, 0.05) is 25.8 Å². The van der Waals surface area contributed by atoms with Gasteiger partial charge in [0.25, 0.3) is 0 Å². The normalized spacial score (nSPS) is 14.5. The summed E-state index contributed by atoms with van der Waals surface area (Å²) < 4.78 is 13.3. The van der Waals surface area contributed by atoms with Crippen LogP contribution in [0, 0.1) is 5.82 Å². The van der Waals surface area contributed by atoms with E-state index in [0.717, 1.165) is 25.9 Å². The Morgan fingerprint density at radius 3 is 2.67 bits per heavy atom. The van der Waals surface area contributed by atoms with E-state index in [1.165, 1.54) is 12.1 Å². The first-order chi connectivity index (χ1) is 10.1. The minimum Gasteiger partial charge on any atom is -0.341 e. The molecule has 0 aliphatic carbocycles. The van der Waals surface area contributed by atoms with Crippen LogP contribution in [0.2, 0.25) is 5.28 Å². The van der Waals surface area contributed by atoms with Crippen LogP contribution in [0.25, 0.3) is 0 Å². The highest BCUT2D eigenvalue weighted by atomic mass is 35.5. The number of anilines is 3. The van der Waals surface area contributed by atoms with E-state index >= 15 is 0 Å². The molecule has 2 aromatic rings. The predicted octanol–water partition coefficient (Wildman–Crippen LogP) is 3.03. The van der Waals surface area contributed by atoms with Crippen molar-refractivity contribution in [2.75, 3.05) is 29.9 Å². The molecule has 7 heteroatoms. The number of rotatable bonds is 3. The van der Waals surface area contributed by atoms with Crippen molar-refractivity contribution in [3.63, 3.8) is 0 Å². The van der Waals surface area contributed by atoms with Gasteiger partial charge in [0.2, 0.25) is 17.2 Å². The summed E-state index contributed by atoms with van der Waals surface area (Å²) in [7, 11) is 1.77. The quantitative estimate of drug-likeness (QED) is 0.872. The SMILES string of the molecule is CN(c1cccc(F)c1)c1nc(Cl)nc(N2CCCC2)n1. The highest BCUT2D eigenvalue weighted by Gasteiger charge is 2.18. The van der Waals surface area contributed by atoms with Gasteiger partial charge in [-0.3, -0.25) is 0 Å². The van der Waals surface area contributed by atoms with Gasteiger partial charge in [0.1, 0.15) is 5.82 Å². The number of nitrogens with zero attached hydrogens (tertiary/aromatic N) is 5. The first-order valence-corrected chi connectivity index (χ1v) is 7.17. The molecule has 0 atom stereocenters. The monoisotopic (exact) mass is 307 g/mol. The van der Waals surface area contributed by atoms with Crippen LogP contribution in [0.15, 0.2) is 24.3 Å². The first kappa shape index (κ1) is 14.0. The molecule has 3 rings (SSSR count). The molecular formula is C14H15ClFN5. The lowest BCUT2D eigenvalue weighted by atomic mass is 10.3. The summed E-state index contributed by atoms with van der Waals surface area (Å²) in [6, 6.07) is 6.25. The van der Waals surface area contributed by atoms with Crippen LogP contribution in [-0.2, 0) is 0 Å². The van der Waals surface area contributed by atoms with Crippen LogP contribution >= 0.6 is 11.6 Å². The van der Waals surface area contributed by atoms with Gasteiger partial charge in [-0.15, -0.1) is 0 Å². The third-order valence-corrected chi connectivity index (χ3v) is 3.64. The Morgan fingerprint density at radius 2 is 1.95 bits per heavy atom. The van der Waals surface area contributed by atoms with Gasteiger partial charge in [-0.1, -0.05) is 6.07 Å². The standard InChI is InChI=1S/C14H15ClFN5/c1-20(11-6-4-5-10(16)9-11)13-17-12(15)18-14(19-13)21-7-2-3-8-21/h4-6,9H,2-3,7-8H2,1H3. The van der Waals surface area contributed by atoms with Crippen LogP contribution < -0.4 is 9.80 Å². The van der Waals surface area contributed by atoms with Gasteiger partial charge in [-0.25, -0.2) is 4.39 Å². The molecule has 0 bridgehead atoms. The topological polar surface area (TPSA) is 45.2 Å². The lowest BCUT2D eigenvalue weighted by Gasteiger charge is -2.20. The summed E-state index contributed by atoms with van der Waals surface area (Å²) >= 11 is 6.00. The van der Waals surface area contributed by atoms with Crippen molar-refractivity contribution >= 4 is 29.2 Å². The van der Waals surface area contributed by atoms with Crippen LogP contribution in [-0.4, -0.2) is 35.1 Å². The molecule has 1 aliphatic heterocycles. The van der Waals surface area contributed by atoms with E-state index in [-0.39, 0.29) is 11.1 Å². The molecule has 0 saturated carbocycles. The maximum absolute atomic E-state index is 13.3. The molecule has 2 heterocycles. The Balaban J connectivity index is 1.94. The highest BCUT2D eigenvalue weighted by Crippen LogP contribution is 2.24. The summed E-state index contributed by atoms with van der Waals surface area (Å²) in [4.78, 5) is 16.5. The molecule has 110 valence electrons. The molecular weight excluding hydrogens is 293 g/mol. The van der Waals surface area contributed by atoms with Crippen molar-refractivity contribution in [3.05, 3.63) is 35.4 Å². The fourth-order valence-corrected chi connectivity index (χ4v) is 2.49. The van der Waals surface area contributed by atoms with E-state index in [1.807, 2.05) is 0 Å². The lowest BCUT2D eigenvalue weighted by Crippen LogP contribution is -2.23. The molecule has 1 saturated heterocycles. The maximum Gasteiger partial charge on any atom is 0.235 e. The second-order valence-electron chi connectivity index (χ2n) is 4.94. The van der Waals surface area contributed by atoms with Crippen molar-refractivity contribution in [2.24, 2.45) is 0 Å². The summed E-state index contributed by atoms with van der Waals surface area (Å²) in [6.07, 6.45) is 2.25. The molecule has 1 aromatic heterocycles. The minimum absolute atomic E-state index is 0.144. The Kier molecular flexibility index (Phi) is 3.88. The number of hydrogen-bond acceptors (Lipinski definition) is 5. The van der Waals surface area contributed by atoms with Gasteiger partial charge >= 0.3 is 0 Å². The van der Waals surface area contributed by atoms with Crippen molar-refractivity contribution in [1.29, 1.82) is 0 Å². The molecule has 1 aliphatic rings. The summed E-state index contributed by atoms with van der Waals surface area (Å²) in [5.41, 5.74) is 0.657. The number of hydrogen-bond donors (Lipinski definition) is 0. The molecule has 1 aromatic carbocycles. The second-order valence-corrected chi connectivity index (χ2v) is 5.28. The molecule has 0 unspecified atom stereocenters. The zero-order chi connectivity index (χ0) is 14.8. The van der Waals surface area contributed by atoms with Crippen LogP contribution in [0.3, 0.4) is 0 Å². The van der Waals surface area contributed by atoms with E-state index in [9.17, 15) is 4.39 Å². The van der Waals surface area contributed by atoms with Crippen molar-refractivity contribution in [1.82, 2.24) is 15.0 Å². The second kappa shape index (κ2) is 5.81. The van der Waals surface area contributed by atoms with E-state index in [2.05, 4.69) is 19.9 Å². The Bertz CT molecular complexity index is 645. The van der Waals surface area contributed by atoms with Gasteiger partial charge in [0.05, 0.1) is 0 Å². The van der Waals surface area contributed by atoms with Crippen LogP contribution in [0.1, 0.15) is 12.8 Å². The molecule has 1 fully saturated rings. The molecule has 0 N–H and O–H groups in total. The largest absolute Gasteiger partial charge is 0.341 e. The minimum atomic E-state index is -0.306. The average molecular weight is 308 g/mol. The first-order valence-electron chi connectivity index (χ1n) is 6.79. The van der Waals surface area contributed by atoms with Gasteiger partial charge in [-0.05, 0) is 42.6 Å². The predicted molar refractivity (Wildman–Crippen MR) is 80.7 cm³/mol. The number of benzene rings is 1. The summed E-state index contributed by atoms with van der Waals surface area (Å²) in [5.74, 6) is 0.674. The van der Waals surface area contributed by atoms with Crippen LogP contribution in [0.4, 0.5) is 22.0 Å². The smallest absolute Gasteiger partial charge is 0.235 e. The number of aromatic nitrogens is 3. The summed E-state index contributed by atoms with van der Waals surface area (Å²) in [5, 5.41) is 0.144. The lowest BCUT2D eigenvalue weighted by molar-refractivity contribution is 0.628. The average Bonchev–Trinajstić information content (AvgIpc) is 3.00.